The molecule has 2 heterocycles. The van der Waals surface area contributed by atoms with Gasteiger partial charge in [0.25, 0.3) is 5.91 Å². The number of fused-ring (bicyclic) bond motifs is 1. The van der Waals surface area contributed by atoms with E-state index in [0.717, 1.165) is 20.1 Å². The van der Waals surface area contributed by atoms with Crippen molar-refractivity contribution in [3.63, 3.8) is 0 Å². The number of carbonyl (C=O) groups is 1. The summed E-state index contributed by atoms with van der Waals surface area (Å²) in [6.07, 6.45) is 0.636. The van der Waals surface area contributed by atoms with E-state index in [1.54, 1.807) is 23.3 Å². The van der Waals surface area contributed by atoms with E-state index in [9.17, 15) is 13.2 Å². The van der Waals surface area contributed by atoms with Crippen LogP contribution in [-0.4, -0.2) is 48.0 Å². The van der Waals surface area contributed by atoms with Gasteiger partial charge in [0.1, 0.15) is 5.01 Å². The zero-order valence-corrected chi connectivity index (χ0v) is 17.8. The van der Waals surface area contributed by atoms with E-state index in [2.05, 4.69) is 4.98 Å². The summed E-state index contributed by atoms with van der Waals surface area (Å²) in [4.78, 5) is 20.2. The van der Waals surface area contributed by atoms with Crippen molar-refractivity contribution in [3.8, 4) is 0 Å². The molecule has 1 atom stereocenters. The van der Waals surface area contributed by atoms with Crippen LogP contribution in [0.2, 0.25) is 0 Å². The Balaban J connectivity index is 1.51. The van der Waals surface area contributed by atoms with Crippen molar-refractivity contribution in [2.24, 2.45) is 0 Å². The molecule has 5 nitrogen and oxygen atoms in total. The zero-order valence-electron chi connectivity index (χ0n) is 15.4. The Morgan fingerprint density at radius 3 is 2.71 bits per heavy atom. The Morgan fingerprint density at radius 1 is 1.21 bits per heavy atom. The first-order chi connectivity index (χ1) is 13.4. The number of benzene rings is 2. The molecule has 1 fully saturated rings. The monoisotopic (exact) mass is 432 g/mol. The molecule has 28 heavy (non-hydrogen) atoms. The molecule has 1 aromatic heterocycles. The van der Waals surface area contributed by atoms with Gasteiger partial charge in [0.2, 0.25) is 0 Å². The second-order valence-electron chi connectivity index (χ2n) is 6.88. The van der Waals surface area contributed by atoms with Crippen molar-refractivity contribution in [3.05, 3.63) is 59.1 Å². The van der Waals surface area contributed by atoms with E-state index in [4.69, 9.17) is 0 Å². The largest absolute Gasteiger partial charge is 0.335 e. The first-order valence-corrected chi connectivity index (χ1v) is 12.5. The maximum atomic E-state index is 13.1. The Morgan fingerprint density at radius 2 is 1.96 bits per heavy atom. The van der Waals surface area contributed by atoms with Crippen molar-refractivity contribution < 1.29 is 13.2 Å². The molecule has 0 radical (unpaired) electrons. The van der Waals surface area contributed by atoms with Gasteiger partial charge in [0.15, 0.2) is 9.84 Å². The minimum atomic E-state index is -2.94. The first kappa shape index (κ1) is 19.4. The SMILES string of the molecule is CN(Cc1nc2ccccc2s1)C(=O)c1ccccc1S[C@@H]1CCS(=O)(=O)C1. The lowest BCUT2D eigenvalue weighted by Gasteiger charge is -2.18. The molecular weight excluding hydrogens is 412 g/mol. The summed E-state index contributed by atoms with van der Waals surface area (Å²) in [6, 6.07) is 15.4. The van der Waals surface area contributed by atoms with Crippen molar-refractivity contribution >= 4 is 49.1 Å². The molecule has 0 aliphatic carbocycles. The van der Waals surface area contributed by atoms with Crippen LogP contribution in [0.4, 0.5) is 0 Å². The van der Waals surface area contributed by atoms with Crippen molar-refractivity contribution in [2.75, 3.05) is 18.6 Å². The number of thioether (sulfide) groups is 1. The van der Waals surface area contributed by atoms with Crippen molar-refractivity contribution in [2.45, 2.75) is 23.1 Å². The van der Waals surface area contributed by atoms with Crippen LogP contribution in [0.1, 0.15) is 21.8 Å². The highest BCUT2D eigenvalue weighted by Gasteiger charge is 2.29. The molecule has 0 unspecified atom stereocenters. The first-order valence-electron chi connectivity index (χ1n) is 8.97. The van der Waals surface area contributed by atoms with E-state index in [1.165, 1.54) is 11.8 Å². The highest BCUT2D eigenvalue weighted by Crippen LogP contribution is 2.33. The standard InChI is InChI=1S/C20H20N2O3S3/c1-22(12-19-21-16-7-3-5-9-18(16)27-19)20(23)15-6-2-4-8-17(15)26-14-10-11-28(24,25)13-14/h2-9,14H,10-13H2,1H3/t14-/m1/s1. The maximum Gasteiger partial charge on any atom is 0.255 e. The fourth-order valence-corrected chi connectivity index (χ4v) is 7.89. The number of para-hydroxylation sites is 1. The minimum Gasteiger partial charge on any atom is -0.335 e. The van der Waals surface area contributed by atoms with Gasteiger partial charge < -0.3 is 4.90 Å². The highest BCUT2D eigenvalue weighted by atomic mass is 32.2. The van der Waals surface area contributed by atoms with Crippen LogP contribution in [0.5, 0.6) is 0 Å². The van der Waals surface area contributed by atoms with Gasteiger partial charge in [-0.05, 0) is 30.7 Å². The summed E-state index contributed by atoms with van der Waals surface area (Å²) in [5.74, 6) is 0.336. The van der Waals surface area contributed by atoms with Gasteiger partial charge in [-0.1, -0.05) is 24.3 Å². The third-order valence-electron chi connectivity index (χ3n) is 4.66. The number of hydrogen-bond donors (Lipinski definition) is 0. The highest BCUT2D eigenvalue weighted by molar-refractivity contribution is 8.02. The number of hydrogen-bond acceptors (Lipinski definition) is 6. The summed E-state index contributed by atoms with van der Waals surface area (Å²) in [5, 5.41) is 0.901. The summed E-state index contributed by atoms with van der Waals surface area (Å²) in [5.41, 5.74) is 1.56. The number of rotatable bonds is 5. The number of amides is 1. The summed E-state index contributed by atoms with van der Waals surface area (Å²) in [6.45, 7) is 0.439. The van der Waals surface area contributed by atoms with E-state index in [0.29, 0.717) is 18.5 Å². The van der Waals surface area contributed by atoms with Crippen molar-refractivity contribution in [1.82, 2.24) is 9.88 Å². The fourth-order valence-electron chi connectivity index (χ4n) is 3.25. The topological polar surface area (TPSA) is 67.3 Å². The third kappa shape index (κ3) is 4.24. The van der Waals surface area contributed by atoms with Gasteiger partial charge in [0.05, 0.1) is 33.8 Å². The lowest BCUT2D eigenvalue weighted by Crippen LogP contribution is -2.26. The Kier molecular flexibility index (Phi) is 5.44. The van der Waals surface area contributed by atoms with E-state index < -0.39 is 9.84 Å². The summed E-state index contributed by atoms with van der Waals surface area (Å²) >= 11 is 3.09. The number of carbonyl (C=O) groups excluding carboxylic acids is 1. The average Bonchev–Trinajstić information content (AvgIpc) is 3.23. The molecule has 0 bridgehead atoms. The summed E-state index contributed by atoms with van der Waals surface area (Å²) < 4.78 is 24.6. The third-order valence-corrected chi connectivity index (χ3v) is 9.00. The molecule has 2 aromatic carbocycles. The van der Waals surface area contributed by atoms with Gasteiger partial charge in [-0.3, -0.25) is 4.79 Å². The minimum absolute atomic E-state index is 0.00789. The van der Waals surface area contributed by atoms with Gasteiger partial charge in [-0.15, -0.1) is 23.1 Å². The van der Waals surface area contributed by atoms with Crippen molar-refractivity contribution in [1.29, 1.82) is 0 Å². The second-order valence-corrected chi connectivity index (χ2v) is 11.6. The van der Waals surface area contributed by atoms with Crippen LogP contribution in [0.3, 0.4) is 0 Å². The number of aromatic nitrogens is 1. The number of sulfone groups is 1. The smallest absolute Gasteiger partial charge is 0.255 e. The maximum absolute atomic E-state index is 13.1. The molecule has 146 valence electrons. The molecule has 0 N–H and O–H groups in total. The van der Waals surface area contributed by atoms with Gasteiger partial charge in [-0.25, -0.2) is 13.4 Å². The van der Waals surface area contributed by atoms with E-state index >= 15 is 0 Å². The van der Waals surface area contributed by atoms with Crippen LogP contribution in [0.25, 0.3) is 10.2 Å². The molecule has 4 rings (SSSR count). The fraction of sp³-hybridized carbons (Fsp3) is 0.300. The predicted octanol–water partition coefficient (Wildman–Crippen LogP) is 3.85. The Hall–Kier alpha value is -1.90. The number of thiazole rings is 1. The molecule has 1 aliphatic heterocycles. The van der Waals surface area contributed by atoms with Crippen LogP contribution in [-0.2, 0) is 16.4 Å². The normalized spacial score (nSPS) is 18.4. The molecule has 3 aromatic rings. The molecule has 1 amide bonds. The Labute approximate surface area is 172 Å². The van der Waals surface area contributed by atoms with Crippen LogP contribution >= 0.6 is 23.1 Å². The molecule has 0 spiro atoms. The molecular formula is C20H20N2O3S3. The molecule has 8 heteroatoms. The van der Waals surface area contributed by atoms with Gasteiger partial charge >= 0.3 is 0 Å². The lowest BCUT2D eigenvalue weighted by atomic mass is 10.2. The van der Waals surface area contributed by atoms with Crippen LogP contribution < -0.4 is 0 Å². The summed E-state index contributed by atoms with van der Waals surface area (Å²) in [7, 11) is -1.17. The predicted molar refractivity (Wildman–Crippen MR) is 115 cm³/mol. The van der Waals surface area contributed by atoms with Gasteiger partial charge in [0, 0.05) is 17.2 Å². The lowest BCUT2D eigenvalue weighted by molar-refractivity contribution is 0.0781. The molecule has 1 saturated heterocycles. The van der Waals surface area contributed by atoms with E-state index in [-0.39, 0.29) is 22.7 Å². The molecule has 1 aliphatic rings. The number of nitrogens with zero attached hydrogens (tertiary/aromatic N) is 2. The Bertz CT molecular complexity index is 1090. The zero-order chi connectivity index (χ0) is 19.7. The van der Waals surface area contributed by atoms with Crippen LogP contribution in [0, 0.1) is 0 Å². The average molecular weight is 433 g/mol. The van der Waals surface area contributed by atoms with Crippen LogP contribution in [0.15, 0.2) is 53.4 Å². The van der Waals surface area contributed by atoms with Gasteiger partial charge in [-0.2, -0.15) is 0 Å². The second kappa shape index (κ2) is 7.85. The quantitative estimate of drug-likeness (QED) is 0.613. The van der Waals surface area contributed by atoms with E-state index in [1.807, 2.05) is 48.5 Å². The molecule has 0 saturated carbocycles.